The fraction of sp³-hybridized carbons (Fsp3) is 0.474. The van der Waals surface area contributed by atoms with E-state index in [4.69, 9.17) is 0 Å². The fourth-order valence-corrected chi connectivity index (χ4v) is 3.20. The Morgan fingerprint density at radius 2 is 2.08 bits per heavy atom. The van der Waals surface area contributed by atoms with Gasteiger partial charge in [-0.2, -0.15) is 5.10 Å². The third-order valence-electron chi connectivity index (χ3n) is 4.64. The van der Waals surface area contributed by atoms with Gasteiger partial charge in [0.15, 0.2) is 5.96 Å². The SMILES string of the molecule is CN=C(NCc1cnn(C)c1)NC(C)c1cccc(N2CCCC2)c1.I. The predicted molar refractivity (Wildman–Crippen MR) is 118 cm³/mol. The van der Waals surface area contributed by atoms with E-state index in [-0.39, 0.29) is 30.0 Å². The van der Waals surface area contributed by atoms with Gasteiger partial charge in [-0.1, -0.05) is 12.1 Å². The number of hydrogen-bond acceptors (Lipinski definition) is 3. The second-order valence-electron chi connectivity index (χ2n) is 6.60. The Hall–Kier alpha value is -1.77. The van der Waals surface area contributed by atoms with Gasteiger partial charge in [0, 0.05) is 51.2 Å². The summed E-state index contributed by atoms with van der Waals surface area (Å²) in [6, 6.07) is 9.00. The van der Waals surface area contributed by atoms with Crippen molar-refractivity contribution in [2.45, 2.75) is 32.4 Å². The Kier molecular flexibility index (Phi) is 7.74. The number of hydrogen-bond donors (Lipinski definition) is 2. The van der Waals surface area contributed by atoms with Gasteiger partial charge >= 0.3 is 0 Å². The topological polar surface area (TPSA) is 57.5 Å². The van der Waals surface area contributed by atoms with Crippen LogP contribution in [0.4, 0.5) is 5.69 Å². The largest absolute Gasteiger partial charge is 0.372 e. The number of halogens is 1. The Balaban J connectivity index is 0.00000243. The molecule has 0 amide bonds. The highest BCUT2D eigenvalue weighted by Crippen LogP contribution is 2.23. The number of guanidine groups is 1. The zero-order valence-electron chi connectivity index (χ0n) is 15.8. The van der Waals surface area contributed by atoms with Crippen molar-refractivity contribution in [3.8, 4) is 0 Å². The van der Waals surface area contributed by atoms with Gasteiger partial charge in [0.05, 0.1) is 12.2 Å². The summed E-state index contributed by atoms with van der Waals surface area (Å²) in [5.74, 6) is 0.794. The van der Waals surface area contributed by atoms with Crippen molar-refractivity contribution in [2.75, 3.05) is 25.0 Å². The Morgan fingerprint density at radius 1 is 1.31 bits per heavy atom. The molecule has 0 saturated carbocycles. The third-order valence-corrected chi connectivity index (χ3v) is 4.64. The standard InChI is InChI=1S/C19H28N6.HI/c1-15(17-7-6-8-18(11-17)25-9-4-5-10-25)23-19(20-2)21-12-16-13-22-24(3)14-16;/h6-8,11,13-15H,4-5,9-10,12H2,1-3H3,(H2,20,21,23);1H. The van der Waals surface area contributed by atoms with Crippen molar-refractivity contribution < 1.29 is 0 Å². The van der Waals surface area contributed by atoms with Crippen molar-refractivity contribution in [1.29, 1.82) is 0 Å². The molecule has 0 aliphatic carbocycles. The molecule has 26 heavy (non-hydrogen) atoms. The number of aromatic nitrogens is 2. The van der Waals surface area contributed by atoms with Crippen LogP contribution in [0.25, 0.3) is 0 Å². The monoisotopic (exact) mass is 468 g/mol. The second-order valence-corrected chi connectivity index (χ2v) is 6.60. The molecule has 1 aliphatic heterocycles. The van der Waals surface area contributed by atoms with Gasteiger partial charge in [-0.3, -0.25) is 9.67 Å². The van der Waals surface area contributed by atoms with Crippen LogP contribution >= 0.6 is 24.0 Å². The molecule has 142 valence electrons. The van der Waals surface area contributed by atoms with Gasteiger partial charge in [0.25, 0.3) is 0 Å². The van der Waals surface area contributed by atoms with E-state index in [9.17, 15) is 0 Å². The molecule has 0 radical (unpaired) electrons. The molecule has 1 aromatic heterocycles. The lowest BCUT2D eigenvalue weighted by Crippen LogP contribution is -2.38. The van der Waals surface area contributed by atoms with Crippen LogP contribution in [-0.2, 0) is 13.6 Å². The Labute approximate surface area is 173 Å². The van der Waals surface area contributed by atoms with Crippen molar-refractivity contribution in [2.24, 2.45) is 12.0 Å². The first-order valence-electron chi connectivity index (χ1n) is 8.95. The van der Waals surface area contributed by atoms with Gasteiger partial charge in [0.1, 0.15) is 0 Å². The summed E-state index contributed by atoms with van der Waals surface area (Å²) in [7, 11) is 3.72. The summed E-state index contributed by atoms with van der Waals surface area (Å²) in [5.41, 5.74) is 3.73. The van der Waals surface area contributed by atoms with Gasteiger partial charge in [-0.15, -0.1) is 24.0 Å². The minimum Gasteiger partial charge on any atom is -0.372 e. The van der Waals surface area contributed by atoms with Crippen LogP contribution in [0.15, 0.2) is 41.7 Å². The minimum absolute atomic E-state index is 0. The molecule has 1 atom stereocenters. The maximum atomic E-state index is 4.33. The highest BCUT2D eigenvalue weighted by Gasteiger charge is 2.14. The van der Waals surface area contributed by atoms with E-state index in [1.54, 1.807) is 11.7 Å². The molecule has 1 saturated heterocycles. The smallest absolute Gasteiger partial charge is 0.191 e. The average Bonchev–Trinajstić information content (AvgIpc) is 3.30. The lowest BCUT2D eigenvalue weighted by atomic mass is 10.1. The van der Waals surface area contributed by atoms with E-state index in [1.165, 1.54) is 37.2 Å². The van der Waals surface area contributed by atoms with Gasteiger partial charge in [-0.25, -0.2) is 0 Å². The van der Waals surface area contributed by atoms with Crippen molar-refractivity contribution >= 4 is 35.6 Å². The number of aliphatic imine (C=N–C) groups is 1. The van der Waals surface area contributed by atoms with Gasteiger partial charge in [-0.05, 0) is 37.5 Å². The van der Waals surface area contributed by atoms with E-state index in [1.807, 2.05) is 19.4 Å². The molecule has 0 bridgehead atoms. The molecule has 2 aromatic rings. The number of benzene rings is 1. The van der Waals surface area contributed by atoms with E-state index in [0.717, 1.165) is 11.5 Å². The molecule has 0 spiro atoms. The van der Waals surface area contributed by atoms with E-state index in [2.05, 4.69) is 56.8 Å². The third kappa shape index (κ3) is 5.36. The summed E-state index contributed by atoms with van der Waals surface area (Å²) < 4.78 is 1.81. The van der Waals surface area contributed by atoms with Gasteiger partial charge in [0.2, 0.25) is 0 Å². The molecule has 1 aliphatic rings. The minimum atomic E-state index is 0. The Bertz CT molecular complexity index is 720. The first-order chi connectivity index (χ1) is 12.2. The van der Waals surface area contributed by atoms with Crippen LogP contribution in [0, 0.1) is 0 Å². The van der Waals surface area contributed by atoms with Crippen molar-refractivity contribution in [3.63, 3.8) is 0 Å². The van der Waals surface area contributed by atoms with E-state index in [0.29, 0.717) is 6.54 Å². The second kappa shape index (κ2) is 9.80. The number of nitrogens with one attached hydrogen (secondary N) is 2. The molecule has 1 unspecified atom stereocenters. The number of aryl methyl sites for hydroxylation is 1. The zero-order valence-corrected chi connectivity index (χ0v) is 18.1. The molecular formula is C19H29IN6. The molecule has 1 aromatic carbocycles. The number of rotatable bonds is 5. The summed E-state index contributed by atoms with van der Waals surface area (Å²) in [4.78, 5) is 6.80. The molecule has 6 nitrogen and oxygen atoms in total. The summed E-state index contributed by atoms with van der Waals surface area (Å²) in [6.45, 7) is 5.20. The maximum absolute atomic E-state index is 4.33. The highest BCUT2D eigenvalue weighted by atomic mass is 127. The maximum Gasteiger partial charge on any atom is 0.191 e. The quantitative estimate of drug-likeness (QED) is 0.403. The van der Waals surface area contributed by atoms with E-state index < -0.39 is 0 Å². The van der Waals surface area contributed by atoms with Crippen LogP contribution in [0.3, 0.4) is 0 Å². The van der Waals surface area contributed by atoms with Crippen LogP contribution in [0.1, 0.15) is 36.9 Å². The lowest BCUT2D eigenvalue weighted by molar-refractivity contribution is 0.685. The molecule has 1 fully saturated rings. The Morgan fingerprint density at radius 3 is 2.73 bits per heavy atom. The summed E-state index contributed by atoms with van der Waals surface area (Å²) in [5, 5.41) is 11.0. The normalized spacial score (nSPS) is 15.5. The molecule has 7 heteroatoms. The number of anilines is 1. The first kappa shape index (κ1) is 20.5. The zero-order chi connectivity index (χ0) is 17.6. The van der Waals surface area contributed by atoms with Crippen molar-refractivity contribution in [3.05, 3.63) is 47.8 Å². The fourth-order valence-electron chi connectivity index (χ4n) is 3.20. The van der Waals surface area contributed by atoms with Crippen LogP contribution < -0.4 is 15.5 Å². The van der Waals surface area contributed by atoms with Crippen LogP contribution in [-0.4, -0.2) is 35.9 Å². The summed E-state index contributed by atoms with van der Waals surface area (Å²) >= 11 is 0. The molecule has 2 heterocycles. The number of nitrogens with zero attached hydrogens (tertiary/aromatic N) is 4. The first-order valence-corrected chi connectivity index (χ1v) is 8.95. The average molecular weight is 468 g/mol. The van der Waals surface area contributed by atoms with Crippen molar-refractivity contribution in [1.82, 2.24) is 20.4 Å². The molecular weight excluding hydrogens is 439 g/mol. The van der Waals surface area contributed by atoms with Crippen LogP contribution in [0.2, 0.25) is 0 Å². The molecule has 2 N–H and O–H groups in total. The lowest BCUT2D eigenvalue weighted by Gasteiger charge is -2.22. The molecule has 3 rings (SSSR count). The van der Waals surface area contributed by atoms with Crippen LogP contribution in [0.5, 0.6) is 0 Å². The highest BCUT2D eigenvalue weighted by molar-refractivity contribution is 14.0. The summed E-state index contributed by atoms with van der Waals surface area (Å²) in [6.07, 6.45) is 6.46. The van der Waals surface area contributed by atoms with Gasteiger partial charge < -0.3 is 15.5 Å². The van der Waals surface area contributed by atoms with E-state index >= 15 is 0 Å². The predicted octanol–water partition coefficient (Wildman–Crippen LogP) is 3.06.